The maximum Gasteiger partial charge on any atom is 0.309 e. The highest BCUT2D eigenvalue weighted by molar-refractivity contribution is 6.29. The van der Waals surface area contributed by atoms with E-state index in [9.17, 15) is 0 Å². The number of hydrogen-bond donors (Lipinski definition) is 0. The van der Waals surface area contributed by atoms with Gasteiger partial charge in [-0.1, -0.05) is 21.2 Å². The number of hydrogen-bond acceptors (Lipinski definition) is 1. The van der Waals surface area contributed by atoms with Crippen molar-refractivity contribution in [2.75, 3.05) is 0 Å². The molecule has 0 aliphatic heterocycles. The molecule has 0 N–H and O–H groups in total. The Morgan fingerprint density at radius 3 is 3.08 bits per heavy atom. The van der Waals surface area contributed by atoms with Crippen molar-refractivity contribution < 1.29 is 4.57 Å². The lowest BCUT2D eigenvalue weighted by Crippen LogP contribution is -2.26. The van der Waals surface area contributed by atoms with Crippen molar-refractivity contribution in [1.29, 1.82) is 0 Å². The molecular weight excluding hydrogens is 174 g/mol. The second kappa shape index (κ2) is 2.45. The van der Waals surface area contributed by atoms with Crippen LogP contribution in [0.15, 0.2) is 18.5 Å². The first-order chi connectivity index (χ1) is 5.68. The van der Waals surface area contributed by atoms with Crippen molar-refractivity contribution >= 4 is 17.2 Å². The van der Waals surface area contributed by atoms with Gasteiger partial charge in [-0.2, -0.15) is 0 Å². The zero-order chi connectivity index (χ0) is 8.72. The molecule has 0 amide bonds. The van der Waals surface area contributed by atoms with Crippen LogP contribution in [0.25, 0.3) is 5.65 Å². The van der Waals surface area contributed by atoms with Gasteiger partial charge in [-0.05, 0) is 13.0 Å². The van der Waals surface area contributed by atoms with E-state index in [2.05, 4.69) is 5.10 Å². The first-order valence-electron chi connectivity index (χ1n) is 3.68. The molecule has 2 aromatic heterocycles. The zero-order valence-corrected chi connectivity index (χ0v) is 7.71. The van der Waals surface area contributed by atoms with Crippen LogP contribution in [0.2, 0.25) is 5.15 Å². The summed E-state index contributed by atoms with van der Waals surface area (Å²) >= 11 is 5.79. The van der Waals surface area contributed by atoms with Gasteiger partial charge in [0.1, 0.15) is 6.20 Å². The van der Waals surface area contributed by atoms with Gasteiger partial charge in [-0.3, -0.25) is 0 Å². The third-order valence-corrected chi connectivity index (χ3v) is 2.06. The van der Waals surface area contributed by atoms with Crippen LogP contribution in [0.3, 0.4) is 0 Å². The quantitative estimate of drug-likeness (QED) is 0.560. The van der Waals surface area contributed by atoms with Crippen LogP contribution in [0, 0.1) is 6.92 Å². The van der Waals surface area contributed by atoms with E-state index < -0.39 is 0 Å². The predicted molar refractivity (Wildman–Crippen MR) is 46.1 cm³/mol. The summed E-state index contributed by atoms with van der Waals surface area (Å²) in [7, 11) is 1.98. The molecule has 0 aromatic carbocycles. The number of halogens is 1. The second-order valence-electron chi connectivity index (χ2n) is 2.83. The maximum atomic E-state index is 5.79. The summed E-state index contributed by atoms with van der Waals surface area (Å²) in [6, 6.07) is 1.86. The van der Waals surface area contributed by atoms with Crippen molar-refractivity contribution in [3.8, 4) is 0 Å². The van der Waals surface area contributed by atoms with Crippen LogP contribution < -0.4 is 4.57 Å². The average molecular weight is 183 g/mol. The Bertz CT molecular complexity index is 433. The molecular formula is C8H9ClN3+. The fourth-order valence-corrected chi connectivity index (χ4v) is 1.63. The Balaban J connectivity index is 2.93. The van der Waals surface area contributed by atoms with Crippen molar-refractivity contribution in [1.82, 2.24) is 9.61 Å². The fourth-order valence-electron chi connectivity index (χ4n) is 1.38. The summed E-state index contributed by atoms with van der Waals surface area (Å²) in [5, 5.41) is 4.64. The van der Waals surface area contributed by atoms with Crippen LogP contribution >= 0.6 is 11.6 Å². The minimum absolute atomic E-state index is 0.524. The summed E-state index contributed by atoms with van der Waals surface area (Å²) in [6.07, 6.45) is 3.83. The van der Waals surface area contributed by atoms with Gasteiger partial charge >= 0.3 is 5.65 Å². The zero-order valence-electron chi connectivity index (χ0n) is 6.95. The van der Waals surface area contributed by atoms with Crippen molar-refractivity contribution in [3.63, 3.8) is 0 Å². The summed E-state index contributed by atoms with van der Waals surface area (Å²) in [6.45, 7) is 2.02. The van der Waals surface area contributed by atoms with Gasteiger partial charge in [0, 0.05) is 5.56 Å². The summed E-state index contributed by atoms with van der Waals surface area (Å²) < 4.78 is 3.79. The van der Waals surface area contributed by atoms with Crippen LogP contribution in [0.5, 0.6) is 0 Å². The van der Waals surface area contributed by atoms with E-state index >= 15 is 0 Å². The number of rotatable bonds is 0. The van der Waals surface area contributed by atoms with Gasteiger partial charge in [-0.25, -0.2) is 4.57 Å². The molecule has 0 fully saturated rings. The molecule has 0 spiro atoms. The van der Waals surface area contributed by atoms with E-state index in [1.807, 2.05) is 37.0 Å². The highest BCUT2D eigenvalue weighted by atomic mass is 35.5. The molecule has 2 rings (SSSR count). The number of nitrogens with zero attached hydrogens (tertiary/aromatic N) is 3. The van der Waals surface area contributed by atoms with Crippen molar-refractivity contribution in [2.24, 2.45) is 7.05 Å². The van der Waals surface area contributed by atoms with Gasteiger partial charge in [-0.15, -0.1) is 0 Å². The van der Waals surface area contributed by atoms with E-state index in [0.29, 0.717) is 5.15 Å². The molecule has 12 heavy (non-hydrogen) atoms. The van der Waals surface area contributed by atoms with Gasteiger partial charge in [0.05, 0.1) is 7.05 Å². The number of aromatic nitrogens is 3. The highest BCUT2D eigenvalue weighted by Gasteiger charge is 2.11. The van der Waals surface area contributed by atoms with E-state index in [1.54, 1.807) is 4.52 Å². The standard InChI is InChI=1S/C8H9ClN3/c1-6-5-7(9)10-12-4-3-11(2)8(6)12/h3-5H,1-2H3/q+1. The molecule has 0 saturated heterocycles. The molecule has 0 unspecified atom stereocenters. The summed E-state index contributed by atoms with van der Waals surface area (Å²) in [5.74, 6) is 0. The Labute approximate surface area is 75.2 Å². The largest absolute Gasteiger partial charge is 0.309 e. The summed E-state index contributed by atoms with van der Waals surface area (Å²) in [5.41, 5.74) is 2.20. The lowest BCUT2D eigenvalue weighted by molar-refractivity contribution is -0.644. The third kappa shape index (κ3) is 0.975. The molecule has 0 aliphatic carbocycles. The second-order valence-corrected chi connectivity index (χ2v) is 3.21. The monoisotopic (exact) mass is 182 g/mol. The minimum Gasteiger partial charge on any atom is -0.231 e. The Hall–Kier alpha value is -1.09. The van der Waals surface area contributed by atoms with Crippen molar-refractivity contribution in [2.45, 2.75) is 6.92 Å². The molecule has 2 heterocycles. The maximum absolute atomic E-state index is 5.79. The average Bonchev–Trinajstić information content (AvgIpc) is 2.31. The normalized spacial score (nSPS) is 10.9. The SMILES string of the molecule is Cc1cc(Cl)nn2cc[n+](C)c12. The molecule has 62 valence electrons. The van der Waals surface area contributed by atoms with Gasteiger partial charge in [0.2, 0.25) is 0 Å². The Morgan fingerprint density at radius 1 is 1.58 bits per heavy atom. The van der Waals surface area contributed by atoms with Crippen LogP contribution in [-0.2, 0) is 7.05 Å². The van der Waals surface area contributed by atoms with Crippen LogP contribution in [0.4, 0.5) is 0 Å². The lowest BCUT2D eigenvalue weighted by atomic mass is 10.3. The minimum atomic E-state index is 0.524. The van der Waals surface area contributed by atoms with Crippen LogP contribution in [-0.4, -0.2) is 9.61 Å². The molecule has 0 atom stereocenters. The molecule has 0 bridgehead atoms. The number of imidazole rings is 1. The molecule has 4 heteroatoms. The van der Waals surface area contributed by atoms with Gasteiger partial charge in [0.15, 0.2) is 11.3 Å². The third-order valence-electron chi connectivity index (χ3n) is 1.87. The topological polar surface area (TPSA) is 21.2 Å². The fraction of sp³-hybridized carbons (Fsp3) is 0.250. The molecule has 0 aliphatic rings. The summed E-state index contributed by atoms with van der Waals surface area (Å²) in [4.78, 5) is 0. The van der Waals surface area contributed by atoms with E-state index in [-0.39, 0.29) is 0 Å². The lowest BCUT2D eigenvalue weighted by Gasteiger charge is -1.92. The first-order valence-corrected chi connectivity index (χ1v) is 4.06. The Morgan fingerprint density at radius 2 is 2.33 bits per heavy atom. The smallest absolute Gasteiger partial charge is 0.231 e. The molecule has 2 aromatic rings. The number of fused-ring (bicyclic) bond motifs is 1. The van der Waals surface area contributed by atoms with Gasteiger partial charge < -0.3 is 0 Å². The van der Waals surface area contributed by atoms with Crippen molar-refractivity contribution in [3.05, 3.63) is 29.2 Å². The first kappa shape index (κ1) is 7.55. The van der Waals surface area contributed by atoms with Crippen LogP contribution in [0.1, 0.15) is 5.56 Å². The highest BCUT2D eigenvalue weighted by Crippen LogP contribution is 2.09. The predicted octanol–water partition coefficient (Wildman–Crippen LogP) is 1.12. The van der Waals surface area contributed by atoms with E-state index in [0.717, 1.165) is 11.2 Å². The van der Waals surface area contributed by atoms with E-state index in [1.165, 1.54) is 0 Å². The number of aryl methyl sites for hydroxylation is 2. The Kier molecular flexibility index (Phi) is 1.54. The van der Waals surface area contributed by atoms with E-state index in [4.69, 9.17) is 11.6 Å². The molecule has 3 nitrogen and oxygen atoms in total. The van der Waals surface area contributed by atoms with Gasteiger partial charge in [0.25, 0.3) is 0 Å². The molecule has 0 saturated carbocycles. The molecule has 0 radical (unpaired) electrons.